The molecule has 0 unspecified atom stereocenters. The van der Waals surface area contributed by atoms with Crippen LogP contribution in [-0.4, -0.2) is 57.4 Å². The van der Waals surface area contributed by atoms with Crippen molar-refractivity contribution in [1.29, 1.82) is 0 Å². The van der Waals surface area contributed by atoms with Crippen LogP contribution in [0.4, 0.5) is 10.5 Å². The first-order valence-electron chi connectivity index (χ1n) is 6.30. The first kappa shape index (κ1) is 12.5. The maximum absolute atomic E-state index is 12.0. The van der Waals surface area contributed by atoms with Gasteiger partial charge in [-0.1, -0.05) is 0 Å². The molecule has 0 spiro atoms. The van der Waals surface area contributed by atoms with Crippen LogP contribution < -0.4 is 5.32 Å². The minimum Gasteiger partial charge on any atom is -0.378 e. The fraction of sp³-hybridized carbons (Fsp3) is 0.333. The molecule has 104 valence electrons. The van der Waals surface area contributed by atoms with Gasteiger partial charge in [-0.15, -0.1) is 5.10 Å². The summed E-state index contributed by atoms with van der Waals surface area (Å²) in [5, 5.41) is 13.8. The zero-order chi connectivity index (χ0) is 13.8. The summed E-state index contributed by atoms with van der Waals surface area (Å²) in [6.45, 7) is 2.42. The van der Waals surface area contributed by atoms with Crippen LogP contribution in [0, 0.1) is 0 Å². The first-order valence-corrected chi connectivity index (χ1v) is 6.30. The second-order valence-electron chi connectivity index (χ2n) is 4.33. The van der Waals surface area contributed by atoms with Gasteiger partial charge < -0.3 is 15.0 Å². The highest BCUT2D eigenvalue weighted by Gasteiger charge is 2.16. The summed E-state index contributed by atoms with van der Waals surface area (Å²) in [4.78, 5) is 13.7. The molecule has 3 rings (SSSR count). The van der Waals surface area contributed by atoms with Crippen molar-refractivity contribution in [2.75, 3.05) is 31.6 Å². The quantitative estimate of drug-likeness (QED) is 0.863. The van der Waals surface area contributed by atoms with E-state index in [2.05, 4.69) is 20.8 Å². The zero-order valence-electron chi connectivity index (χ0n) is 10.8. The van der Waals surface area contributed by atoms with Crippen LogP contribution in [0.3, 0.4) is 0 Å². The van der Waals surface area contributed by atoms with E-state index in [1.807, 2.05) is 24.3 Å². The number of benzene rings is 1. The van der Waals surface area contributed by atoms with Gasteiger partial charge in [0.05, 0.1) is 18.9 Å². The van der Waals surface area contributed by atoms with E-state index in [0.29, 0.717) is 26.3 Å². The summed E-state index contributed by atoms with van der Waals surface area (Å²) < 4.78 is 6.76. The van der Waals surface area contributed by atoms with Crippen LogP contribution in [0.2, 0.25) is 0 Å². The highest BCUT2D eigenvalue weighted by molar-refractivity contribution is 5.89. The van der Waals surface area contributed by atoms with Crippen LogP contribution in [0.5, 0.6) is 0 Å². The predicted octanol–water partition coefficient (Wildman–Crippen LogP) is 0.526. The summed E-state index contributed by atoms with van der Waals surface area (Å²) in [5.74, 6) is 0. The molecule has 0 aliphatic carbocycles. The van der Waals surface area contributed by atoms with Gasteiger partial charge in [0.2, 0.25) is 0 Å². The number of carbonyl (C=O) groups excluding carboxylic acids is 1. The van der Waals surface area contributed by atoms with Gasteiger partial charge >= 0.3 is 6.03 Å². The summed E-state index contributed by atoms with van der Waals surface area (Å²) in [5.41, 5.74) is 1.57. The Balaban J connectivity index is 1.64. The lowest BCUT2D eigenvalue weighted by atomic mass is 10.3. The molecule has 1 aliphatic rings. The second-order valence-corrected chi connectivity index (χ2v) is 4.33. The average Bonchev–Trinajstić information content (AvgIpc) is 3.03. The lowest BCUT2D eigenvalue weighted by Crippen LogP contribution is -2.43. The van der Waals surface area contributed by atoms with Gasteiger partial charge in [0.1, 0.15) is 6.33 Å². The highest BCUT2D eigenvalue weighted by Crippen LogP contribution is 2.13. The van der Waals surface area contributed by atoms with Crippen molar-refractivity contribution in [1.82, 2.24) is 25.1 Å². The van der Waals surface area contributed by atoms with Crippen molar-refractivity contribution in [3.8, 4) is 5.69 Å². The molecule has 1 aliphatic heterocycles. The number of hydrogen-bond acceptors (Lipinski definition) is 5. The van der Waals surface area contributed by atoms with Crippen LogP contribution in [0.25, 0.3) is 5.69 Å². The molecule has 1 aromatic heterocycles. The lowest BCUT2D eigenvalue weighted by molar-refractivity contribution is 0.0564. The van der Waals surface area contributed by atoms with E-state index in [1.54, 1.807) is 9.58 Å². The van der Waals surface area contributed by atoms with E-state index in [4.69, 9.17) is 4.74 Å². The number of nitrogens with one attached hydrogen (secondary N) is 1. The normalized spacial score (nSPS) is 15.1. The van der Waals surface area contributed by atoms with Crippen LogP contribution >= 0.6 is 0 Å². The fourth-order valence-corrected chi connectivity index (χ4v) is 1.95. The number of rotatable bonds is 2. The number of aromatic nitrogens is 4. The van der Waals surface area contributed by atoms with Gasteiger partial charge in [-0.05, 0) is 34.7 Å². The first-order chi connectivity index (χ1) is 9.83. The van der Waals surface area contributed by atoms with Crippen LogP contribution in [0.1, 0.15) is 0 Å². The Morgan fingerprint density at radius 1 is 1.20 bits per heavy atom. The summed E-state index contributed by atoms with van der Waals surface area (Å²) in [6, 6.07) is 7.20. The second kappa shape index (κ2) is 5.66. The molecule has 8 nitrogen and oxygen atoms in total. The molecule has 2 heterocycles. The fourth-order valence-electron chi connectivity index (χ4n) is 1.95. The van der Waals surface area contributed by atoms with Gasteiger partial charge in [0, 0.05) is 18.8 Å². The number of morpholine rings is 1. The molecule has 20 heavy (non-hydrogen) atoms. The third-order valence-corrected chi connectivity index (χ3v) is 3.03. The van der Waals surface area contributed by atoms with E-state index in [9.17, 15) is 4.79 Å². The number of ether oxygens (including phenoxy) is 1. The van der Waals surface area contributed by atoms with E-state index in [0.717, 1.165) is 11.4 Å². The van der Waals surface area contributed by atoms with Crippen molar-refractivity contribution in [2.45, 2.75) is 0 Å². The Morgan fingerprint density at radius 2 is 1.95 bits per heavy atom. The van der Waals surface area contributed by atoms with E-state index in [1.165, 1.54) is 6.33 Å². The number of urea groups is 1. The molecule has 0 bridgehead atoms. The van der Waals surface area contributed by atoms with Crippen molar-refractivity contribution in [2.24, 2.45) is 0 Å². The minimum absolute atomic E-state index is 0.108. The predicted molar refractivity (Wildman–Crippen MR) is 70.6 cm³/mol. The number of amides is 2. The van der Waals surface area contributed by atoms with E-state index in [-0.39, 0.29) is 6.03 Å². The van der Waals surface area contributed by atoms with Crippen molar-refractivity contribution < 1.29 is 9.53 Å². The molecule has 8 heteroatoms. The molecule has 1 aromatic carbocycles. The standard InChI is InChI=1S/C12H14N6O2/c19-12(17-5-7-20-8-6-17)14-10-1-3-11(4-2-10)18-9-13-15-16-18/h1-4,9H,5-8H2,(H,14,19). The maximum Gasteiger partial charge on any atom is 0.321 e. The molecule has 2 aromatic rings. The minimum atomic E-state index is -0.108. The smallest absolute Gasteiger partial charge is 0.321 e. The monoisotopic (exact) mass is 274 g/mol. The Labute approximate surface area is 115 Å². The molecular formula is C12H14N6O2. The average molecular weight is 274 g/mol. The van der Waals surface area contributed by atoms with Gasteiger partial charge in [0.15, 0.2) is 0 Å². The summed E-state index contributed by atoms with van der Waals surface area (Å²) >= 11 is 0. The molecule has 1 N–H and O–H groups in total. The number of carbonyl (C=O) groups is 1. The molecule has 2 amide bonds. The van der Waals surface area contributed by atoms with Crippen molar-refractivity contribution >= 4 is 11.7 Å². The van der Waals surface area contributed by atoms with Gasteiger partial charge in [-0.3, -0.25) is 0 Å². The lowest BCUT2D eigenvalue weighted by Gasteiger charge is -2.26. The van der Waals surface area contributed by atoms with E-state index < -0.39 is 0 Å². The topological polar surface area (TPSA) is 85.2 Å². The van der Waals surface area contributed by atoms with Crippen LogP contribution in [-0.2, 0) is 4.74 Å². The molecular weight excluding hydrogens is 260 g/mol. The zero-order valence-corrected chi connectivity index (χ0v) is 10.8. The Bertz CT molecular complexity index is 562. The third kappa shape index (κ3) is 2.75. The SMILES string of the molecule is O=C(Nc1ccc(-n2cnnn2)cc1)N1CCOCC1. The largest absolute Gasteiger partial charge is 0.378 e. The molecule has 1 fully saturated rings. The van der Waals surface area contributed by atoms with E-state index >= 15 is 0 Å². The Hall–Kier alpha value is -2.48. The van der Waals surface area contributed by atoms with Crippen LogP contribution in [0.15, 0.2) is 30.6 Å². The molecule has 1 saturated heterocycles. The number of hydrogen-bond donors (Lipinski definition) is 1. The Morgan fingerprint density at radius 3 is 2.60 bits per heavy atom. The summed E-state index contributed by atoms with van der Waals surface area (Å²) in [6.07, 6.45) is 1.52. The molecule has 0 saturated carbocycles. The van der Waals surface area contributed by atoms with Gasteiger partial charge in [-0.2, -0.15) is 0 Å². The highest BCUT2D eigenvalue weighted by atomic mass is 16.5. The van der Waals surface area contributed by atoms with Gasteiger partial charge in [-0.25, -0.2) is 9.48 Å². The number of tetrazole rings is 1. The van der Waals surface area contributed by atoms with Crippen molar-refractivity contribution in [3.05, 3.63) is 30.6 Å². The third-order valence-electron chi connectivity index (χ3n) is 3.03. The van der Waals surface area contributed by atoms with Crippen molar-refractivity contribution in [3.63, 3.8) is 0 Å². The van der Waals surface area contributed by atoms with Gasteiger partial charge in [0.25, 0.3) is 0 Å². The number of anilines is 1. The Kier molecular flexibility index (Phi) is 3.55. The maximum atomic E-state index is 12.0. The molecule has 0 radical (unpaired) electrons. The number of nitrogens with zero attached hydrogens (tertiary/aromatic N) is 5. The summed E-state index contributed by atoms with van der Waals surface area (Å²) in [7, 11) is 0. The molecule has 0 atom stereocenters.